The van der Waals surface area contributed by atoms with Crippen LogP contribution < -0.4 is 4.74 Å². The lowest BCUT2D eigenvalue weighted by Crippen LogP contribution is -1.91. The van der Waals surface area contributed by atoms with Gasteiger partial charge in [0.1, 0.15) is 10.8 Å². The van der Waals surface area contributed by atoms with Crippen LogP contribution in [-0.4, -0.2) is 17.6 Å². The number of amides is 1. The number of carbonyl (C=O) groups is 1. The number of thioether (sulfide) groups is 1. The smallest absolute Gasteiger partial charge is 0.284 e. The highest BCUT2D eigenvalue weighted by molar-refractivity contribution is 8.19. The fourth-order valence-corrected chi connectivity index (χ4v) is 3.01. The van der Waals surface area contributed by atoms with E-state index < -0.39 is 0 Å². The van der Waals surface area contributed by atoms with Crippen molar-refractivity contribution in [1.82, 2.24) is 0 Å². The molecule has 0 saturated carbocycles. The van der Waals surface area contributed by atoms with E-state index in [2.05, 4.69) is 4.99 Å². The minimum Gasteiger partial charge on any atom is -0.494 e. The van der Waals surface area contributed by atoms with Crippen molar-refractivity contribution < 1.29 is 9.53 Å². The van der Waals surface area contributed by atoms with Crippen LogP contribution in [0, 0.1) is 0 Å². The maximum absolute atomic E-state index is 12.0. The Bertz CT molecular complexity index is 733. The second-order valence-electron chi connectivity index (χ2n) is 4.70. The molecule has 0 bridgehead atoms. The molecular weight excluding hydrogens is 294 g/mol. The minimum atomic E-state index is -0.183. The van der Waals surface area contributed by atoms with Crippen LogP contribution in [0.5, 0.6) is 5.75 Å². The summed E-state index contributed by atoms with van der Waals surface area (Å²) in [4.78, 5) is 16.8. The second kappa shape index (κ2) is 6.62. The average Bonchev–Trinajstić information content (AvgIpc) is 2.91. The maximum atomic E-state index is 12.0. The van der Waals surface area contributed by atoms with Gasteiger partial charge in [-0.25, -0.2) is 4.99 Å². The predicted octanol–water partition coefficient (Wildman–Crippen LogP) is 4.15. The summed E-state index contributed by atoms with van der Waals surface area (Å²) in [6, 6.07) is 17.4. The maximum Gasteiger partial charge on any atom is 0.284 e. The summed E-state index contributed by atoms with van der Waals surface area (Å²) in [5.74, 6) is 0.647. The topological polar surface area (TPSA) is 38.7 Å². The Morgan fingerprint density at radius 1 is 1.09 bits per heavy atom. The number of benzene rings is 2. The third-order valence-corrected chi connectivity index (χ3v) is 4.16. The van der Waals surface area contributed by atoms with Gasteiger partial charge in [-0.1, -0.05) is 54.2 Å². The molecule has 1 aliphatic rings. The molecule has 0 atom stereocenters. The highest BCUT2D eigenvalue weighted by Gasteiger charge is 2.22. The molecule has 0 aromatic heterocycles. The fourth-order valence-electron chi connectivity index (χ4n) is 2.09. The molecule has 0 N–H and O–H groups in total. The summed E-state index contributed by atoms with van der Waals surface area (Å²) in [6.07, 6.45) is 1.86. The van der Waals surface area contributed by atoms with Gasteiger partial charge in [-0.2, -0.15) is 0 Å². The van der Waals surface area contributed by atoms with E-state index in [9.17, 15) is 4.79 Å². The number of ether oxygens (including phenoxy) is 1. The van der Waals surface area contributed by atoms with Crippen LogP contribution in [-0.2, 0) is 4.79 Å². The Morgan fingerprint density at radius 2 is 1.82 bits per heavy atom. The summed E-state index contributed by atoms with van der Waals surface area (Å²) in [5, 5.41) is 0.753. The van der Waals surface area contributed by atoms with Crippen molar-refractivity contribution in [3.05, 3.63) is 70.6 Å². The van der Waals surface area contributed by atoms with Crippen LogP contribution in [0.4, 0.5) is 0 Å². The lowest BCUT2D eigenvalue weighted by molar-refractivity contribution is -0.113. The first-order valence-electron chi connectivity index (χ1n) is 7.07. The first-order chi connectivity index (χ1) is 10.8. The lowest BCUT2D eigenvalue weighted by Gasteiger charge is -2.03. The van der Waals surface area contributed by atoms with Gasteiger partial charge in [-0.15, -0.1) is 0 Å². The van der Waals surface area contributed by atoms with Crippen LogP contribution in [0.15, 0.2) is 64.5 Å². The number of carbonyl (C=O) groups excluding carboxylic acids is 1. The van der Waals surface area contributed by atoms with E-state index >= 15 is 0 Å². The molecule has 0 radical (unpaired) electrons. The van der Waals surface area contributed by atoms with E-state index in [1.165, 1.54) is 11.8 Å². The molecule has 4 heteroatoms. The van der Waals surface area contributed by atoms with E-state index in [0.29, 0.717) is 11.5 Å². The summed E-state index contributed by atoms with van der Waals surface area (Å²) < 4.78 is 5.41. The first kappa shape index (κ1) is 14.6. The summed E-state index contributed by atoms with van der Waals surface area (Å²) in [6.45, 7) is 2.59. The zero-order chi connectivity index (χ0) is 15.4. The molecular formula is C18H15NO2S. The van der Waals surface area contributed by atoms with Crippen molar-refractivity contribution in [2.75, 3.05) is 6.61 Å². The summed E-state index contributed by atoms with van der Waals surface area (Å²) in [5.41, 5.74) is 1.93. The average molecular weight is 309 g/mol. The first-order valence-corrected chi connectivity index (χ1v) is 7.89. The van der Waals surface area contributed by atoms with Crippen LogP contribution in [0.25, 0.3) is 6.08 Å². The highest BCUT2D eigenvalue weighted by atomic mass is 32.2. The number of hydrogen-bond donors (Lipinski definition) is 0. The molecule has 0 fully saturated rings. The third-order valence-electron chi connectivity index (χ3n) is 3.13. The lowest BCUT2D eigenvalue weighted by atomic mass is 10.2. The number of aliphatic imine (C=N–C) groups is 1. The summed E-state index contributed by atoms with van der Waals surface area (Å²) in [7, 11) is 0. The van der Waals surface area contributed by atoms with Gasteiger partial charge in [0.2, 0.25) is 0 Å². The Kier molecular flexibility index (Phi) is 4.39. The Hall–Kier alpha value is -2.33. The van der Waals surface area contributed by atoms with Crippen LogP contribution in [0.1, 0.15) is 18.1 Å². The molecule has 0 unspecified atom stereocenters. The van der Waals surface area contributed by atoms with Gasteiger partial charge in [-0.05, 0) is 30.7 Å². The van der Waals surface area contributed by atoms with Gasteiger partial charge in [0.15, 0.2) is 0 Å². The van der Waals surface area contributed by atoms with Gasteiger partial charge in [0.05, 0.1) is 11.5 Å². The van der Waals surface area contributed by atoms with Crippen molar-refractivity contribution in [1.29, 1.82) is 0 Å². The summed E-state index contributed by atoms with van der Waals surface area (Å²) >= 11 is 1.41. The predicted molar refractivity (Wildman–Crippen MR) is 91.2 cm³/mol. The van der Waals surface area contributed by atoms with Gasteiger partial charge in [-0.3, -0.25) is 4.79 Å². The van der Waals surface area contributed by atoms with Crippen molar-refractivity contribution >= 4 is 28.8 Å². The van der Waals surface area contributed by atoms with E-state index in [4.69, 9.17) is 4.74 Å². The third kappa shape index (κ3) is 3.28. The van der Waals surface area contributed by atoms with Crippen molar-refractivity contribution in [3.8, 4) is 5.75 Å². The number of nitrogens with zero attached hydrogens (tertiary/aromatic N) is 1. The molecule has 3 nitrogen and oxygen atoms in total. The molecule has 1 heterocycles. The Labute approximate surface area is 133 Å². The largest absolute Gasteiger partial charge is 0.494 e. The number of hydrogen-bond acceptors (Lipinski definition) is 3. The standard InChI is InChI=1S/C18H15NO2S/c1-2-21-15-10-8-13(9-11-15)12-16-17(20)19-18(22-16)14-6-4-3-5-7-14/h3-12H,2H2,1H3. The molecule has 2 aromatic rings. The number of rotatable bonds is 4. The van der Waals surface area contributed by atoms with Gasteiger partial charge < -0.3 is 4.74 Å². The zero-order valence-electron chi connectivity index (χ0n) is 12.2. The van der Waals surface area contributed by atoms with E-state index in [1.54, 1.807) is 0 Å². The fraction of sp³-hybridized carbons (Fsp3) is 0.111. The molecule has 2 aromatic carbocycles. The van der Waals surface area contributed by atoms with E-state index in [-0.39, 0.29) is 5.91 Å². The van der Waals surface area contributed by atoms with E-state index in [0.717, 1.165) is 21.9 Å². The molecule has 3 rings (SSSR count). The Balaban J connectivity index is 1.78. The molecule has 0 aliphatic carbocycles. The van der Waals surface area contributed by atoms with Crippen molar-refractivity contribution in [3.63, 3.8) is 0 Å². The molecule has 0 saturated heterocycles. The molecule has 22 heavy (non-hydrogen) atoms. The van der Waals surface area contributed by atoms with Crippen molar-refractivity contribution in [2.24, 2.45) is 4.99 Å². The van der Waals surface area contributed by atoms with Gasteiger partial charge in [0, 0.05) is 5.56 Å². The second-order valence-corrected chi connectivity index (χ2v) is 5.73. The monoisotopic (exact) mass is 309 g/mol. The SMILES string of the molecule is CCOc1ccc(C=C2SC(c3ccccc3)=NC2=O)cc1. The quantitative estimate of drug-likeness (QED) is 0.797. The van der Waals surface area contributed by atoms with Gasteiger partial charge >= 0.3 is 0 Å². The molecule has 110 valence electrons. The molecule has 1 amide bonds. The Morgan fingerprint density at radius 3 is 2.50 bits per heavy atom. The zero-order valence-corrected chi connectivity index (χ0v) is 13.0. The minimum absolute atomic E-state index is 0.183. The molecule has 1 aliphatic heterocycles. The van der Waals surface area contributed by atoms with E-state index in [1.807, 2.05) is 67.6 Å². The van der Waals surface area contributed by atoms with Crippen molar-refractivity contribution in [2.45, 2.75) is 6.92 Å². The van der Waals surface area contributed by atoms with Crippen LogP contribution >= 0.6 is 11.8 Å². The highest BCUT2D eigenvalue weighted by Crippen LogP contribution is 2.31. The normalized spacial score (nSPS) is 16.0. The molecule has 0 spiro atoms. The van der Waals surface area contributed by atoms with Crippen LogP contribution in [0.2, 0.25) is 0 Å². The van der Waals surface area contributed by atoms with Crippen LogP contribution in [0.3, 0.4) is 0 Å². The van der Waals surface area contributed by atoms with Gasteiger partial charge in [0.25, 0.3) is 5.91 Å².